The number of benzene rings is 2. The number of fused-ring (bicyclic) bond motifs is 1. The van der Waals surface area contributed by atoms with E-state index in [1.807, 2.05) is 36.4 Å². The number of carbonyl (C=O) groups is 1. The Bertz CT molecular complexity index is 822. The maximum atomic E-state index is 12.4. The van der Waals surface area contributed by atoms with Crippen LogP contribution in [0.15, 0.2) is 42.5 Å². The SMILES string of the molecule is O=C(C[NH+]1CCN(c2cccc(Cl)c2)CC1)Nc1ccc2c(c1)OCCO2. The quantitative estimate of drug-likeness (QED) is 0.832. The number of rotatable bonds is 4. The first kappa shape index (κ1) is 17.9. The lowest BCUT2D eigenvalue weighted by atomic mass is 10.2. The monoisotopic (exact) mass is 388 g/mol. The van der Waals surface area contributed by atoms with Crippen LogP contribution in [0.3, 0.4) is 0 Å². The second-order valence-electron chi connectivity index (χ2n) is 6.80. The molecule has 0 saturated carbocycles. The molecule has 1 amide bonds. The van der Waals surface area contributed by atoms with Gasteiger partial charge in [-0.3, -0.25) is 4.79 Å². The Morgan fingerprint density at radius 3 is 2.63 bits per heavy atom. The van der Waals surface area contributed by atoms with Crippen molar-refractivity contribution in [3.63, 3.8) is 0 Å². The number of carbonyl (C=O) groups excluding carboxylic acids is 1. The summed E-state index contributed by atoms with van der Waals surface area (Å²) in [5, 5.41) is 3.71. The first-order valence-electron chi connectivity index (χ1n) is 9.21. The van der Waals surface area contributed by atoms with Crippen LogP contribution in [-0.4, -0.2) is 51.8 Å². The Hall–Kier alpha value is -2.44. The van der Waals surface area contributed by atoms with Crippen molar-refractivity contribution in [2.24, 2.45) is 0 Å². The van der Waals surface area contributed by atoms with Gasteiger partial charge in [0.15, 0.2) is 18.0 Å². The van der Waals surface area contributed by atoms with E-state index in [0.29, 0.717) is 25.5 Å². The lowest BCUT2D eigenvalue weighted by Crippen LogP contribution is -3.15. The third kappa shape index (κ3) is 4.46. The average molecular weight is 389 g/mol. The lowest BCUT2D eigenvalue weighted by molar-refractivity contribution is -0.892. The van der Waals surface area contributed by atoms with E-state index in [9.17, 15) is 4.79 Å². The Kier molecular flexibility index (Phi) is 5.36. The molecule has 1 saturated heterocycles. The van der Waals surface area contributed by atoms with Crippen LogP contribution in [0, 0.1) is 0 Å². The highest BCUT2D eigenvalue weighted by molar-refractivity contribution is 6.30. The summed E-state index contributed by atoms with van der Waals surface area (Å²) in [4.78, 5) is 16.0. The molecule has 0 atom stereocenters. The zero-order valence-corrected chi connectivity index (χ0v) is 15.8. The fraction of sp³-hybridized carbons (Fsp3) is 0.350. The van der Waals surface area contributed by atoms with Crippen LogP contribution >= 0.6 is 11.6 Å². The summed E-state index contributed by atoms with van der Waals surface area (Å²) in [6, 6.07) is 13.4. The molecule has 6 nitrogen and oxygen atoms in total. The van der Waals surface area contributed by atoms with E-state index in [0.717, 1.165) is 48.3 Å². The fourth-order valence-electron chi connectivity index (χ4n) is 3.48. The smallest absolute Gasteiger partial charge is 0.279 e. The van der Waals surface area contributed by atoms with Crippen LogP contribution in [0.5, 0.6) is 11.5 Å². The number of halogens is 1. The van der Waals surface area contributed by atoms with Gasteiger partial charge in [-0.1, -0.05) is 17.7 Å². The largest absolute Gasteiger partial charge is 0.486 e. The first-order valence-corrected chi connectivity index (χ1v) is 9.59. The molecule has 2 aliphatic rings. The molecule has 142 valence electrons. The van der Waals surface area contributed by atoms with Gasteiger partial charge in [0.25, 0.3) is 5.91 Å². The summed E-state index contributed by atoms with van der Waals surface area (Å²) >= 11 is 6.08. The van der Waals surface area contributed by atoms with Crippen LogP contribution in [-0.2, 0) is 4.79 Å². The van der Waals surface area contributed by atoms with E-state index in [-0.39, 0.29) is 5.91 Å². The van der Waals surface area contributed by atoms with Crippen LogP contribution in [0.4, 0.5) is 11.4 Å². The Morgan fingerprint density at radius 1 is 1.07 bits per heavy atom. The lowest BCUT2D eigenvalue weighted by Gasteiger charge is -2.33. The molecule has 0 bridgehead atoms. The molecule has 2 heterocycles. The molecule has 0 spiro atoms. The van der Waals surface area contributed by atoms with Crippen molar-refractivity contribution in [2.45, 2.75) is 0 Å². The summed E-state index contributed by atoms with van der Waals surface area (Å²) in [6.07, 6.45) is 0. The number of anilines is 2. The molecular weight excluding hydrogens is 366 g/mol. The van der Waals surface area contributed by atoms with Gasteiger partial charge in [0.1, 0.15) is 13.2 Å². The van der Waals surface area contributed by atoms with Crippen LogP contribution in [0.2, 0.25) is 5.02 Å². The van der Waals surface area contributed by atoms with E-state index >= 15 is 0 Å². The van der Waals surface area contributed by atoms with E-state index < -0.39 is 0 Å². The van der Waals surface area contributed by atoms with Crippen molar-refractivity contribution in [1.29, 1.82) is 0 Å². The topological polar surface area (TPSA) is 55.2 Å². The summed E-state index contributed by atoms with van der Waals surface area (Å²) in [6.45, 7) is 5.20. The fourth-order valence-corrected chi connectivity index (χ4v) is 3.67. The van der Waals surface area contributed by atoms with E-state index in [2.05, 4.69) is 16.3 Å². The standard InChI is InChI=1S/C20H22ClN3O3/c21-15-2-1-3-17(12-15)24-8-6-23(7-9-24)14-20(25)22-16-4-5-18-19(13-16)27-11-10-26-18/h1-5,12-13H,6-11,14H2,(H,22,25)/p+1. The van der Waals surface area contributed by atoms with Gasteiger partial charge in [-0.15, -0.1) is 0 Å². The number of piperazine rings is 1. The normalized spacial score (nSPS) is 16.9. The minimum atomic E-state index is 0.0119. The molecule has 4 rings (SSSR count). The summed E-state index contributed by atoms with van der Waals surface area (Å²) in [5.41, 5.74) is 1.88. The highest BCUT2D eigenvalue weighted by atomic mass is 35.5. The highest BCUT2D eigenvalue weighted by Crippen LogP contribution is 2.32. The maximum absolute atomic E-state index is 12.4. The maximum Gasteiger partial charge on any atom is 0.279 e. The van der Waals surface area contributed by atoms with Gasteiger partial charge in [0.2, 0.25) is 0 Å². The van der Waals surface area contributed by atoms with Gasteiger partial charge in [0, 0.05) is 22.5 Å². The number of quaternary nitrogens is 1. The number of nitrogens with one attached hydrogen (secondary N) is 2. The average Bonchev–Trinajstić information content (AvgIpc) is 2.68. The third-order valence-electron chi connectivity index (χ3n) is 4.88. The Morgan fingerprint density at radius 2 is 1.85 bits per heavy atom. The Labute approximate surface area is 163 Å². The van der Waals surface area contributed by atoms with Crippen molar-refractivity contribution in [3.05, 3.63) is 47.5 Å². The summed E-state index contributed by atoms with van der Waals surface area (Å²) in [7, 11) is 0. The minimum Gasteiger partial charge on any atom is -0.486 e. The molecule has 0 unspecified atom stereocenters. The van der Waals surface area contributed by atoms with Crippen molar-refractivity contribution < 1.29 is 19.2 Å². The van der Waals surface area contributed by atoms with Crippen molar-refractivity contribution in [3.8, 4) is 11.5 Å². The van der Waals surface area contributed by atoms with Gasteiger partial charge in [0.05, 0.1) is 26.2 Å². The molecule has 27 heavy (non-hydrogen) atoms. The molecule has 2 aliphatic heterocycles. The minimum absolute atomic E-state index is 0.0119. The number of nitrogens with zero attached hydrogens (tertiary/aromatic N) is 1. The van der Waals surface area contributed by atoms with Crippen LogP contribution in [0.1, 0.15) is 0 Å². The van der Waals surface area contributed by atoms with Crippen molar-refractivity contribution in [2.75, 3.05) is 56.2 Å². The number of hydrogen-bond donors (Lipinski definition) is 2. The summed E-state index contributed by atoms with van der Waals surface area (Å²) in [5.74, 6) is 1.42. The van der Waals surface area contributed by atoms with E-state index in [1.165, 1.54) is 4.90 Å². The molecule has 0 aromatic heterocycles. The molecule has 0 radical (unpaired) electrons. The molecule has 1 fully saturated rings. The van der Waals surface area contributed by atoms with E-state index in [4.69, 9.17) is 21.1 Å². The predicted octanol–water partition coefficient (Wildman–Crippen LogP) is 1.45. The van der Waals surface area contributed by atoms with Crippen LogP contribution < -0.4 is 24.6 Å². The zero-order valence-electron chi connectivity index (χ0n) is 15.0. The molecular formula is C20H23ClN3O3+. The molecule has 7 heteroatoms. The number of ether oxygens (including phenoxy) is 2. The van der Waals surface area contributed by atoms with Crippen LogP contribution in [0.25, 0.3) is 0 Å². The molecule has 2 aromatic rings. The third-order valence-corrected chi connectivity index (χ3v) is 5.12. The Balaban J connectivity index is 1.28. The zero-order chi connectivity index (χ0) is 18.6. The number of hydrogen-bond acceptors (Lipinski definition) is 4. The first-order chi connectivity index (χ1) is 13.2. The van der Waals surface area contributed by atoms with Gasteiger partial charge in [-0.05, 0) is 30.3 Å². The van der Waals surface area contributed by atoms with E-state index in [1.54, 1.807) is 0 Å². The van der Waals surface area contributed by atoms with Gasteiger partial charge < -0.3 is 24.6 Å². The van der Waals surface area contributed by atoms with Crippen molar-refractivity contribution in [1.82, 2.24) is 0 Å². The molecule has 0 aliphatic carbocycles. The van der Waals surface area contributed by atoms with Gasteiger partial charge >= 0.3 is 0 Å². The predicted molar refractivity (Wildman–Crippen MR) is 105 cm³/mol. The second kappa shape index (κ2) is 8.06. The number of amides is 1. The second-order valence-corrected chi connectivity index (χ2v) is 7.24. The molecule has 2 aromatic carbocycles. The van der Waals surface area contributed by atoms with Gasteiger partial charge in [-0.2, -0.15) is 0 Å². The van der Waals surface area contributed by atoms with Gasteiger partial charge in [-0.25, -0.2) is 0 Å². The van der Waals surface area contributed by atoms with Crippen molar-refractivity contribution >= 4 is 28.9 Å². The highest BCUT2D eigenvalue weighted by Gasteiger charge is 2.23. The summed E-state index contributed by atoms with van der Waals surface area (Å²) < 4.78 is 11.1. The molecule has 2 N–H and O–H groups in total.